The summed E-state index contributed by atoms with van der Waals surface area (Å²) in [5.74, 6) is 1.90. The average Bonchev–Trinajstić information content (AvgIpc) is 2.88. The number of para-hydroxylation sites is 1. The Hall–Kier alpha value is -2.94. The second kappa shape index (κ2) is 10.8. The van der Waals surface area contributed by atoms with Gasteiger partial charge in [-0.15, -0.1) is 0 Å². The molecule has 0 spiro atoms. The van der Waals surface area contributed by atoms with Gasteiger partial charge in [-0.05, 0) is 75.6 Å². The van der Waals surface area contributed by atoms with Crippen molar-refractivity contribution in [3.63, 3.8) is 0 Å². The molecular formula is C32H38O3. The summed E-state index contributed by atoms with van der Waals surface area (Å²) in [4.78, 5) is 0. The molecule has 184 valence electrons. The maximum atomic E-state index is 11.2. The molecule has 4 atom stereocenters. The Morgan fingerprint density at radius 2 is 0.971 bits per heavy atom. The molecule has 5 rings (SSSR count). The number of rotatable bonds is 6. The lowest BCUT2D eigenvalue weighted by Gasteiger charge is -2.34. The standard InChI is InChI=1S/C32H38O3/c1-22-14-18-24(19-15-22)26-8-3-5-10-28(26)34-30-12-7-13-31(32(30)33)35-29-11-6-4-9-27(29)25-20-16-23(2)17-21-25/h7,12-21,26-29,33H,3-6,8-11H2,1-2H3/t26-,27-,28+,29+/m0/s1. The number of phenolic OH excluding ortho intramolecular Hbond substituents is 1. The van der Waals surface area contributed by atoms with Crippen LogP contribution in [0.25, 0.3) is 0 Å². The van der Waals surface area contributed by atoms with Crippen molar-refractivity contribution < 1.29 is 14.6 Å². The average molecular weight is 471 g/mol. The lowest BCUT2D eigenvalue weighted by atomic mass is 9.81. The number of benzene rings is 3. The highest BCUT2D eigenvalue weighted by Gasteiger charge is 2.31. The van der Waals surface area contributed by atoms with Gasteiger partial charge in [-0.25, -0.2) is 0 Å². The molecule has 0 radical (unpaired) electrons. The Kier molecular flexibility index (Phi) is 7.32. The smallest absolute Gasteiger partial charge is 0.200 e. The molecule has 0 bridgehead atoms. The van der Waals surface area contributed by atoms with Crippen LogP contribution in [-0.2, 0) is 0 Å². The van der Waals surface area contributed by atoms with Crippen molar-refractivity contribution in [2.45, 2.75) is 89.3 Å². The Morgan fingerprint density at radius 1 is 0.571 bits per heavy atom. The van der Waals surface area contributed by atoms with E-state index in [9.17, 15) is 5.11 Å². The van der Waals surface area contributed by atoms with Crippen LogP contribution in [0.1, 0.15) is 85.5 Å². The van der Waals surface area contributed by atoms with E-state index in [-0.39, 0.29) is 18.0 Å². The van der Waals surface area contributed by atoms with Crippen molar-refractivity contribution >= 4 is 0 Å². The van der Waals surface area contributed by atoms with E-state index in [4.69, 9.17) is 9.47 Å². The molecule has 3 nitrogen and oxygen atoms in total. The first-order valence-electron chi connectivity index (χ1n) is 13.4. The van der Waals surface area contributed by atoms with Gasteiger partial charge in [-0.1, -0.05) is 78.6 Å². The van der Waals surface area contributed by atoms with E-state index >= 15 is 0 Å². The second-order valence-electron chi connectivity index (χ2n) is 10.5. The lowest BCUT2D eigenvalue weighted by Crippen LogP contribution is -2.29. The summed E-state index contributed by atoms with van der Waals surface area (Å²) in [7, 11) is 0. The quantitative estimate of drug-likeness (QED) is 0.394. The van der Waals surface area contributed by atoms with Crippen molar-refractivity contribution in [3.05, 3.63) is 89.0 Å². The SMILES string of the molecule is Cc1ccc([C@@H]2CCCC[C@H]2Oc2cccc(O[C@@H]3CCCC[C@H]3c3ccc(C)cc3)c2O)cc1. The summed E-state index contributed by atoms with van der Waals surface area (Å²) in [6.45, 7) is 4.25. The molecule has 0 saturated heterocycles. The molecule has 1 N–H and O–H groups in total. The van der Waals surface area contributed by atoms with Crippen LogP contribution >= 0.6 is 0 Å². The van der Waals surface area contributed by atoms with Crippen molar-refractivity contribution in [2.24, 2.45) is 0 Å². The fourth-order valence-corrected chi connectivity index (χ4v) is 5.88. The molecule has 2 aliphatic rings. The highest BCUT2D eigenvalue weighted by atomic mass is 16.5. The van der Waals surface area contributed by atoms with E-state index in [0.29, 0.717) is 23.3 Å². The first-order chi connectivity index (χ1) is 17.1. The summed E-state index contributed by atoms with van der Waals surface area (Å²) < 4.78 is 13.0. The van der Waals surface area contributed by atoms with E-state index in [1.54, 1.807) is 0 Å². The molecule has 0 amide bonds. The minimum Gasteiger partial charge on any atom is -0.502 e. The molecule has 35 heavy (non-hydrogen) atoms. The van der Waals surface area contributed by atoms with E-state index < -0.39 is 0 Å². The van der Waals surface area contributed by atoms with Crippen LogP contribution in [0.3, 0.4) is 0 Å². The monoisotopic (exact) mass is 470 g/mol. The predicted octanol–water partition coefficient (Wildman–Crippen LogP) is 8.22. The van der Waals surface area contributed by atoms with Crippen molar-refractivity contribution in [2.75, 3.05) is 0 Å². The van der Waals surface area contributed by atoms with Gasteiger partial charge < -0.3 is 14.6 Å². The van der Waals surface area contributed by atoms with Gasteiger partial charge in [0, 0.05) is 11.8 Å². The highest BCUT2D eigenvalue weighted by molar-refractivity contribution is 5.50. The zero-order valence-corrected chi connectivity index (χ0v) is 21.1. The third kappa shape index (κ3) is 5.50. The second-order valence-corrected chi connectivity index (χ2v) is 10.5. The minimum atomic E-state index is 0.0580. The van der Waals surface area contributed by atoms with E-state index in [1.807, 2.05) is 18.2 Å². The Bertz CT molecular complexity index is 1020. The Morgan fingerprint density at radius 3 is 1.40 bits per heavy atom. The maximum absolute atomic E-state index is 11.2. The summed E-state index contributed by atoms with van der Waals surface area (Å²) in [6, 6.07) is 23.3. The molecule has 0 unspecified atom stereocenters. The van der Waals surface area contributed by atoms with Crippen LogP contribution in [0.15, 0.2) is 66.7 Å². The van der Waals surface area contributed by atoms with Gasteiger partial charge in [0.2, 0.25) is 5.75 Å². The molecule has 2 fully saturated rings. The Balaban J connectivity index is 1.34. The molecule has 0 aliphatic heterocycles. The van der Waals surface area contributed by atoms with Gasteiger partial charge in [0.05, 0.1) is 0 Å². The fourth-order valence-electron chi connectivity index (χ4n) is 5.88. The molecule has 3 aromatic rings. The molecular weight excluding hydrogens is 432 g/mol. The third-order valence-corrected chi connectivity index (χ3v) is 7.93. The van der Waals surface area contributed by atoms with Crippen LogP contribution in [0.5, 0.6) is 17.2 Å². The first-order valence-corrected chi connectivity index (χ1v) is 13.4. The normalized spacial score (nSPS) is 24.6. The number of hydrogen-bond acceptors (Lipinski definition) is 3. The zero-order valence-electron chi connectivity index (χ0n) is 21.1. The van der Waals surface area contributed by atoms with Gasteiger partial charge >= 0.3 is 0 Å². The third-order valence-electron chi connectivity index (χ3n) is 7.93. The molecule has 3 aromatic carbocycles. The summed E-state index contributed by atoms with van der Waals surface area (Å²) in [5, 5.41) is 11.2. The maximum Gasteiger partial charge on any atom is 0.200 e. The van der Waals surface area contributed by atoms with Crippen LogP contribution < -0.4 is 9.47 Å². The van der Waals surface area contributed by atoms with Crippen molar-refractivity contribution in [1.82, 2.24) is 0 Å². The summed E-state index contributed by atoms with van der Waals surface area (Å²) >= 11 is 0. The predicted molar refractivity (Wildman–Crippen MR) is 142 cm³/mol. The van der Waals surface area contributed by atoms with Crippen LogP contribution in [0.2, 0.25) is 0 Å². The summed E-state index contributed by atoms with van der Waals surface area (Å²) in [5.41, 5.74) is 5.21. The zero-order chi connectivity index (χ0) is 24.2. The van der Waals surface area contributed by atoms with Gasteiger partial charge in [-0.2, -0.15) is 0 Å². The molecule has 3 heteroatoms. The number of aromatic hydroxyl groups is 1. The van der Waals surface area contributed by atoms with Crippen LogP contribution in [0.4, 0.5) is 0 Å². The number of phenols is 1. The number of ether oxygens (including phenoxy) is 2. The number of aryl methyl sites for hydroxylation is 2. The largest absolute Gasteiger partial charge is 0.502 e. The molecule has 0 aromatic heterocycles. The van der Waals surface area contributed by atoms with E-state index in [0.717, 1.165) is 38.5 Å². The van der Waals surface area contributed by atoms with Gasteiger partial charge in [-0.3, -0.25) is 0 Å². The van der Waals surface area contributed by atoms with Gasteiger partial charge in [0.1, 0.15) is 12.2 Å². The van der Waals surface area contributed by atoms with Crippen molar-refractivity contribution in [1.29, 1.82) is 0 Å². The molecule has 0 heterocycles. The van der Waals surface area contributed by atoms with Crippen LogP contribution in [-0.4, -0.2) is 17.3 Å². The van der Waals surface area contributed by atoms with Gasteiger partial charge in [0.15, 0.2) is 11.5 Å². The summed E-state index contributed by atoms with van der Waals surface area (Å²) in [6.07, 6.45) is 9.10. The fraction of sp³-hybridized carbons (Fsp3) is 0.438. The molecule has 2 saturated carbocycles. The van der Waals surface area contributed by atoms with E-state index in [1.165, 1.54) is 35.1 Å². The van der Waals surface area contributed by atoms with Gasteiger partial charge in [0.25, 0.3) is 0 Å². The lowest BCUT2D eigenvalue weighted by molar-refractivity contribution is 0.114. The van der Waals surface area contributed by atoms with Crippen molar-refractivity contribution in [3.8, 4) is 17.2 Å². The Labute approximate surface area is 210 Å². The molecule has 2 aliphatic carbocycles. The van der Waals surface area contributed by atoms with E-state index in [2.05, 4.69) is 62.4 Å². The first kappa shape index (κ1) is 23.8. The minimum absolute atomic E-state index is 0.0580. The highest BCUT2D eigenvalue weighted by Crippen LogP contribution is 2.43. The number of hydrogen-bond donors (Lipinski definition) is 1. The van der Waals surface area contributed by atoms with Crippen LogP contribution in [0, 0.1) is 13.8 Å². The topological polar surface area (TPSA) is 38.7 Å².